The van der Waals surface area contributed by atoms with Crippen LogP contribution in [0, 0.1) is 27.2 Å². The normalized spacial score (nSPS) is 11.4. The Bertz CT molecular complexity index is 898. The molecule has 0 bridgehead atoms. The summed E-state index contributed by atoms with van der Waals surface area (Å²) in [5, 5.41) is 24.5. The molecule has 27 heavy (non-hydrogen) atoms. The molecule has 0 fully saturated rings. The standard InChI is InChI=1S/C17H17N3O7/c1-10-4-7-15(14(8-10)20(24)25)27-11(2)17(21)18-13-6-5-12(19(22)23)9-16(13)26-3/h4-9,11H,1-3H3,(H,18,21)/t11-/m1/s1. The Kier molecular flexibility index (Phi) is 5.91. The number of nitro groups is 2. The molecule has 142 valence electrons. The zero-order valence-corrected chi connectivity index (χ0v) is 14.8. The number of benzene rings is 2. The molecule has 10 heteroatoms. The molecule has 0 aromatic heterocycles. The SMILES string of the molecule is COc1cc([N+](=O)[O-])ccc1NC(=O)[C@@H](C)Oc1ccc(C)cc1[N+](=O)[O-]. The second kappa shape index (κ2) is 8.13. The van der Waals surface area contributed by atoms with E-state index in [2.05, 4.69) is 5.32 Å². The van der Waals surface area contributed by atoms with Gasteiger partial charge in [0.2, 0.25) is 0 Å². The first-order valence-corrected chi connectivity index (χ1v) is 7.78. The Hall–Kier alpha value is -3.69. The minimum atomic E-state index is -1.06. The number of methoxy groups -OCH3 is 1. The lowest BCUT2D eigenvalue weighted by Crippen LogP contribution is -2.30. The smallest absolute Gasteiger partial charge is 0.311 e. The molecule has 0 saturated carbocycles. The van der Waals surface area contributed by atoms with Crippen LogP contribution in [0.3, 0.4) is 0 Å². The van der Waals surface area contributed by atoms with Crippen molar-refractivity contribution in [2.24, 2.45) is 0 Å². The molecule has 2 aromatic rings. The van der Waals surface area contributed by atoms with Crippen molar-refractivity contribution in [2.75, 3.05) is 12.4 Å². The fourth-order valence-electron chi connectivity index (χ4n) is 2.24. The highest BCUT2D eigenvalue weighted by molar-refractivity contribution is 5.95. The predicted molar refractivity (Wildman–Crippen MR) is 96.2 cm³/mol. The van der Waals surface area contributed by atoms with Gasteiger partial charge in [0.15, 0.2) is 11.9 Å². The van der Waals surface area contributed by atoms with Gasteiger partial charge in [-0.2, -0.15) is 0 Å². The molecule has 0 radical (unpaired) electrons. The number of carbonyl (C=O) groups excluding carboxylic acids is 1. The number of anilines is 1. The highest BCUT2D eigenvalue weighted by Gasteiger charge is 2.22. The third-order valence-corrected chi connectivity index (χ3v) is 3.64. The summed E-state index contributed by atoms with van der Waals surface area (Å²) >= 11 is 0. The summed E-state index contributed by atoms with van der Waals surface area (Å²) in [5.41, 5.74) is 0.454. The lowest BCUT2D eigenvalue weighted by molar-refractivity contribution is -0.386. The molecular formula is C17H17N3O7. The Morgan fingerprint density at radius 3 is 2.37 bits per heavy atom. The minimum absolute atomic E-state index is 0.0380. The summed E-state index contributed by atoms with van der Waals surface area (Å²) in [4.78, 5) is 33.1. The number of amides is 1. The lowest BCUT2D eigenvalue weighted by atomic mass is 10.2. The number of rotatable bonds is 7. The van der Waals surface area contributed by atoms with Gasteiger partial charge in [-0.25, -0.2) is 0 Å². The van der Waals surface area contributed by atoms with Crippen molar-refractivity contribution in [1.29, 1.82) is 0 Å². The summed E-state index contributed by atoms with van der Waals surface area (Å²) in [6.45, 7) is 3.13. The van der Waals surface area contributed by atoms with Crippen LogP contribution in [0.5, 0.6) is 11.5 Å². The zero-order valence-electron chi connectivity index (χ0n) is 14.8. The van der Waals surface area contributed by atoms with Crippen LogP contribution in [0.2, 0.25) is 0 Å². The molecular weight excluding hydrogens is 358 g/mol. The second-order valence-electron chi connectivity index (χ2n) is 5.62. The number of carbonyl (C=O) groups is 1. The van der Waals surface area contributed by atoms with Gasteiger partial charge in [0, 0.05) is 12.1 Å². The van der Waals surface area contributed by atoms with Gasteiger partial charge in [0.1, 0.15) is 5.75 Å². The van der Waals surface area contributed by atoms with Crippen LogP contribution >= 0.6 is 0 Å². The predicted octanol–water partition coefficient (Wildman–Crippen LogP) is 3.23. The maximum absolute atomic E-state index is 12.4. The van der Waals surface area contributed by atoms with Gasteiger partial charge in [0.05, 0.1) is 28.7 Å². The maximum Gasteiger partial charge on any atom is 0.311 e. The van der Waals surface area contributed by atoms with E-state index in [0.717, 1.165) is 0 Å². The van der Waals surface area contributed by atoms with E-state index in [9.17, 15) is 25.0 Å². The van der Waals surface area contributed by atoms with Crippen molar-refractivity contribution >= 4 is 23.0 Å². The average Bonchev–Trinajstić information content (AvgIpc) is 2.62. The van der Waals surface area contributed by atoms with E-state index in [-0.39, 0.29) is 28.6 Å². The molecule has 2 aromatic carbocycles. The number of hydrogen-bond acceptors (Lipinski definition) is 7. The molecule has 1 N–H and O–H groups in total. The summed E-state index contributed by atoms with van der Waals surface area (Å²) in [6, 6.07) is 8.12. The van der Waals surface area contributed by atoms with Crippen molar-refractivity contribution in [3.8, 4) is 11.5 Å². The topological polar surface area (TPSA) is 134 Å². The van der Waals surface area contributed by atoms with Crippen LogP contribution < -0.4 is 14.8 Å². The van der Waals surface area contributed by atoms with E-state index in [0.29, 0.717) is 5.56 Å². The summed E-state index contributed by atoms with van der Waals surface area (Å²) in [6.07, 6.45) is -1.06. The Morgan fingerprint density at radius 2 is 1.78 bits per heavy atom. The van der Waals surface area contributed by atoms with Crippen LogP contribution in [0.4, 0.5) is 17.1 Å². The van der Waals surface area contributed by atoms with Crippen LogP contribution in [-0.4, -0.2) is 29.0 Å². The van der Waals surface area contributed by atoms with Crippen molar-refractivity contribution in [1.82, 2.24) is 0 Å². The Morgan fingerprint density at radius 1 is 1.07 bits per heavy atom. The first-order chi connectivity index (χ1) is 12.7. The molecule has 0 aliphatic carbocycles. The summed E-state index contributed by atoms with van der Waals surface area (Å²) < 4.78 is 10.5. The van der Waals surface area contributed by atoms with Crippen molar-refractivity contribution < 1.29 is 24.1 Å². The first-order valence-electron chi connectivity index (χ1n) is 7.78. The van der Waals surface area contributed by atoms with E-state index in [4.69, 9.17) is 9.47 Å². The highest BCUT2D eigenvalue weighted by atomic mass is 16.6. The van der Waals surface area contributed by atoms with E-state index < -0.39 is 21.9 Å². The fraction of sp³-hybridized carbons (Fsp3) is 0.235. The van der Waals surface area contributed by atoms with E-state index in [1.165, 1.54) is 44.4 Å². The lowest BCUT2D eigenvalue weighted by Gasteiger charge is -2.16. The Balaban J connectivity index is 2.17. The summed E-state index contributed by atoms with van der Waals surface area (Å²) in [7, 11) is 1.31. The van der Waals surface area contributed by atoms with Crippen LogP contribution in [0.25, 0.3) is 0 Å². The molecule has 0 unspecified atom stereocenters. The highest BCUT2D eigenvalue weighted by Crippen LogP contribution is 2.31. The molecule has 10 nitrogen and oxygen atoms in total. The third kappa shape index (κ3) is 4.69. The molecule has 0 spiro atoms. The molecule has 1 atom stereocenters. The quantitative estimate of drug-likeness (QED) is 0.580. The van der Waals surface area contributed by atoms with Crippen molar-refractivity contribution in [2.45, 2.75) is 20.0 Å². The van der Waals surface area contributed by atoms with E-state index in [1.54, 1.807) is 13.0 Å². The van der Waals surface area contributed by atoms with Gasteiger partial charge in [0.25, 0.3) is 11.6 Å². The number of aryl methyl sites for hydroxylation is 1. The monoisotopic (exact) mass is 375 g/mol. The minimum Gasteiger partial charge on any atom is -0.494 e. The first kappa shape index (κ1) is 19.6. The van der Waals surface area contributed by atoms with Gasteiger partial charge >= 0.3 is 5.69 Å². The number of nitro benzene ring substituents is 2. The van der Waals surface area contributed by atoms with Gasteiger partial charge in [-0.1, -0.05) is 6.07 Å². The molecule has 1 amide bonds. The number of nitrogens with one attached hydrogen (secondary N) is 1. The van der Waals surface area contributed by atoms with Crippen LogP contribution in [0.15, 0.2) is 36.4 Å². The molecule has 0 heterocycles. The number of non-ortho nitro benzene ring substituents is 1. The molecule has 0 aliphatic heterocycles. The number of ether oxygens (including phenoxy) is 2. The van der Waals surface area contributed by atoms with E-state index in [1.807, 2.05) is 0 Å². The zero-order chi connectivity index (χ0) is 20.1. The number of nitrogens with zero attached hydrogens (tertiary/aromatic N) is 2. The molecule has 2 rings (SSSR count). The Labute approximate surface area is 154 Å². The van der Waals surface area contributed by atoms with Crippen molar-refractivity contribution in [3.05, 3.63) is 62.2 Å². The largest absolute Gasteiger partial charge is 0.494 e. The van der Waals surface area contributed by atoms with Gasteiger partial charge in [-0.15, -0.1) is 0 Å². The maximum atomic E-state index is 12.4. The fourth-order valence-corrected chi connectivity index (χ4v) is 2.24. The summed E-state index contributed by atoms with van der Waals surface area (Å²) in [5.74, 6) is -0.535. The average molecular weight is 375 g/mol. The van der Waals surface area contributed by atoms with E-state index >= 15 is 0 Å². The molecule has 0 saturated heterocycles. The third-order valence-electron chi connectivity index (χ3n) is 3.64. The number of hydrogen-bond donors (Lipinski definition) is 1. The van der Waals surface area contributed by atoms with Gasteiger partial charge in [-0.3, -0.25) is 25.0 Å². The second-order valence-corrected chi connectivity index (χ2v) is 5.62. The van der Waals surface area contributed by atoms with Gasteiger partial charge in [-0.05, 0) is 31.5 Å². The van der Waals surface area contributed by atoms with Crippen molar-refractivity contribution in [3.63, 3.8) is 0 Å². The molecule has 0 aliphatic rings. The van der Waals surface area contributed by atoms with Gasteiger partial charge < -0.3 is 14.8 Å². The van der Waals surface area contributed by atoms with Crippen LogP contribution in [0.1, 0.15) is 12.5 Å². The van der Waals surface area contributed by atoms with Crippen LogP contribution in [-0.2, 0) is 4.79 Å².